The van der Waals surface area contributed by atoms with Crippen molar-refractivity contribution in [1.82, 2.24) is 10.5 Å². The summed E-state index contributed by atoms with van der Waals surface area (Å²) in [5, 5.41) is 11.8. The molecule has 8 nitrogen and oxygen atoms in total. The third kappa shape index (κ3) is 5.51. The van der Waals surface area contributed by atoms with E-state index in [2.05, 4.69) is 20.8 Å². The molecule has 128 valence electrons. The van der Waals surface area contributed by atoms with Crippen molar-refractivity contribution in [3.63, 3.8) is 0 Å². The first-order chi connectivity index (χ1) is 12.1. The van der Waals surface area contributed by atoms with Crippen LogP contribution >= 0.6 is 0 Å². The number of anilines is 1. The molecule has 25 heavy (non-hydrogen) atoms. The third-order valence-electron chi connectivity index (χ3n) is 3.00. The molecule has 0 amide bonds. The first-order valence-electron chi connectivity index (χ1n) is 7.36. The first-order valence-corrected chi connectivity index (χ1v) is 7.36. The Labute approximate surface area is 145 Å². The topological polar surface area (TPSA) is 109 Å². The average Bonchev–Trinajstić information content (AvgIpc) is 2.64. The number of nitriles is 1. The fourth-order valence-electron chi connectivity index (χ4n) is 1.90. The molecule has 1 heterocycles. The SMILES string of the molecule is COc1ccccc1CN=C(NOC(C)=O)Nc1cccc(C#N)n1. The van der Waals surface area contributed by atoms with Gasteiger partial charge in [-0.25, -0.2) is 9.98 Å². The Morgan fingerprint density at radius 1 is 1.28 bits per heavy atom. The smallest absolute Gasteiger partial charge is 0.329 e. The molecule has 0 aliphatic carbocycles. The number of hydrogen-bond donors (Lipinski definition) is 2. The summed E-state index contributed by atoms with van der Waals surface area (Å²) in [6.45, 7) is 1.54. The fourth-order valence-corrected chi connectivity index (χ4v) is 1.90. The summed E-state index contributed by atoms with van der Waals surface area (Å²) in [4.78, 5) is 24.2. The number of nitrogens with one attached hydrogen (secondary N) is 2. The highest BCUT2D eigenvalue weighted by molar-refractivity contribution is 5.92. The highest BCUT2D eigenvalue weighted by Gasteiger charge is 2.06. The number of para-hydroxylation sites is 1. The molecule has 0 aliphatic rings. The van der Waals surface area contributed by atoms with Crippen LogP contribution in [0.5, 0.6) is 5.75 Å². The minimum Gasteiger partial charge on any atom is -0.496 e. The number of nitrogens with zero attached hydrogens (tertiary/aromatic N) is 3. The molecule has 0 saturated carbocycles. The number of hydroxylamine groups is 1. The van der Waals surface area contributed by atoms with Gasteiger partial charge in [-0.15, -0.1) is 0 Å². The Bertz CT molecular complexity index is 814. The Balaban J connectivity index is 2.19. The summed E-state index contributed by atoms with van der Waals surface area (Å²) in [5.41, 5.74) is 3.54. The van der Waals surface area contributed by atoms with E-state index in [0.717, 1.165) is 5.56 Å². The maximum absolute atomic E-state index is 11.0. The summed E-state index contributed by atoms with van der Waals surface area (Å²) in [7, 11) is 1.58. The van der Waals surface area contributed by atoms with E-state index in [9.17, 15) is 4.79 Å². The van der Waals surface area contributed by atoms with Crippen molar-refractivity contribution in [2.45, 2.75) is 13.5 Å². The summed E-state index contributed by atoms with van der Waals surface area (Å²) < 4.78 is 5.28. The molecule has 2 N–H and O–H groups in total. The van der Waals surface area contributed by atoms with E-state index in [1.807, 2.05) is 30.3 Å². The van der Waals surface area contributed by atoms with Crippen LogP contribution in [0.25, 0.3) is 0 Å². The molecule has 0 spiro atoms. The molecule has 1 aromatic heterocycles. The molecule has 2 aromatic rings. The number of hydrogen-bond acceptors (Lipinski definition) is 6. The van der Waals surface area contributed by atoms with Crippen molar-refractivity contribution in [3.05, 3.63) is 53.7 Å². The van der Waals surface area contributed by atoms with Crippen molar-refractivity contribution in [3.8, 4) is 11.8 Å². The lowest BCUT2D eigenvalue weighted by Gasteiger charge is -2.12. The van der Waals surface area contributed by atoms with Gasteiger partial charge in [0, 0.05) is 12.5 Å². The first kappa shape index (κ1) is 17.7. The summed E-state index contributed by atoms with van der Waals surface area (Å²) >= 11 is 0. The van der Waals surface area contributed by atoms with Crippen LogP contribution in [0.4, 0.5) is 5.82 Å². The van der Waals surface area contributed by atoms with Gasteiger partial charge < -0.3 is 14.9 Å². The molecule has 8 heteroatoms. The van der Waals surface area contributed by atoms with E-state index >= 15 is 0 Å². The van der Waals surface area contributed by atoms with Crippen LogP contribution in [0.2, 0.25) is 0 Å². The monoisotopic (exact) mass is 339 g/mol. The molecule has 0 radical (unpaired) electrons. The van der Waals surface area contributed by atoms with Crippen LogP contribution in [-0.4, -0.2) is 24.0 Å². The van der Waals surface area contributed by atoms with Gasteiger partial charge in [0.15, 0.2) is 0 Å². The zero-order valence-corrected chi connectivity index (χ0v) is 13.8. The van der Waals surface area contributed by atoms with Gasteiger partial charge in [0.2, 0.25) is 5.96 Å². The van der Waals surface area contributed by atoms with Gasteiger partial charge in [0.1, 0.15) is 23.3 Å². The predicted octanol–water partition coefficient (Wildman–Crippen LogP) is 2.00. The zero-order chi connectivity index (χ0) is 18.1. The summed E-state index contributed by atoms with van der Waals surface area (Å²) in [6.07, 6.45) is 0. The second-order valence-corrected chi connectivity index (χ2v) is 4.82. The molecule has 1 aromatic carbocycles. The minimum absolute atomic E-state index is 0.170. The van der Waals surface area contributed by atoms with Crippen LogP contribution in [-0.2, 0) is 16.2 Å². The molecule has 0 aliphatic heterocycles. The standard InChI is InChI=1S/C17H17N5O3/c1-12(23)25-22-17(21-16-9-5-7-14(10-18)20-16)19-11-13-6-3-4-8-15(13)24-2/h3-9H,11H2,1-2H3,(H2,19,20,21,22). The molecule has 0 bridgehead atoms. The average molecular weight is 339 g/mol. The van der Waals surface area contributed by atoms with Crippen LogP contribution in [0.15, 0.2) is 47.5 Å². The van der Waals surface area contributed by atoms with Crippen molar-refractivity contribution >= 4 is 17.7 Å². The van der Waals surface area contributed by atoms with Crippen molar-refractivity contribution in [2.24, 2.45) is 4.99 Å². The van der Waals surface area contributed by atoms with Crippen LogP contribution in [0.3, 0.4) is 0 Å². The molecular formula is C17H17N5O3. The molecular weight excluding hydrogens is 322 g/mol. The number of carbonyl (C=O) groups excluding carboxylic acids is 1. The number of pyridine rings is 1. The van der Waals surface area contributed by atoms with E-state index in [1.165, 1.54) is 6.92 Å². The fraction of sp³-hybridized carbons (Fsp3) is 0.176. The van der Waals surface area contributed by atoms with Gasteiger partial charge in [0.05, 0.1) is 13.7 Å². The van der Waals surface area contributed by atoms with E-state index < -0.39 is 5.97 Å². The normalized spacial score (nSPS) is 10.5. The Morgan fingerprint density at radius 2 is 2.08 bits per heavy atom. The zero-order valence-electron chi connectivity index (χ0n) is 13.8. The van der Waals surface area contributed by atoms with E-state index in [4.69, 9.17) is 14.8 Å². The highest BCUT2D eigenvalue weighted by Crippen LogP contribution is 2.18. The summed E-state index contributed by atoms with van der Waals surface area (Å²) in [5.74, 6) is 0.731. The van der Waals surface area contributed by atoms with Gasteiger partial charge >= 0.3 is 5.97 Å². The number of aromatic nitrogens is 1. The predicted molar refractivity (Wildman–Crippen MR) is 91.6 cm³/mol. The Morgan fingerprint density at radius 3 is 2.80 bits per heavy atom. The lowest BCUT2D eigenvalue weighted by Crippen LogP contribution is -2.32. The number of benzene rings is 1. The number of carbonyl (C=O) groups is 1. The quantitative estimate of drug-likeness (QED) is 0.498. The number of guanidine groups is 1. The molecule has 2 rings (SSSR count). The highest BCUT2D eigenvalue weighted by atomic mass is 16.7. The maximum Gasteiger partial charge on any atom is 0.329 e. The van der Waals surface area contributed by atoms with E-state index in [1.54, 1.807) is 25.3 Å². The molecule has 0 atom stereocenters. The van der Waals surface area contributed by atoms with E-state index in [-0.39, 0.29) is 18.2 Å². The third-order valence-corrected chi connectivity index (χ3v) is 3.00. The van der Waals surface area contributed by atoms with Crippen LogP contribution < -0.4 is 15.5 Å². The van der Waals surface area contributed by atoms with Gasteiger partial charge in [0.25, 0.3) is 0 Å². The second kappa shape index (κ2) is 8.88. The Hall–Kier alpha value is -3.60. The number of aliphatic imine (C=N–C) groups is 1. The van der Waals surface area contributed by atoms with Crippen LogP contribution in [0.1, 0.15) is 18.2 Å². The number of rotatable bonds is 4. The van der Waals surface area contributed by atoms with Gasteiger partial charge in [-0.3, -0.25) is 4.79 Å². The molecule has 0 unspecified atom stereocenters. The largest absolute Gasteiger partial charge is 0.496 e. The van der Waals surface area contributed by atoms with Gasteiger partial charge in [-0.1, -0.05) is 24.3 Å². The van der Waals surface area contributed by atoms with Gasteiger partial charge in [-0.05, 0) is 18.2 Å². The Kier molecular flexibility index (Phi) is 6.31. The maximum atomic E-state index is 11.0. The van der Waals surface area contributed by atoms with Gasteiger partial charge in [-0.2, -0.15) is 10.7 Å². The van der Waals surface area contributed by atoms with Crippen molar-refractivity contribution < 1.29 is 14.4 Å². The summed E-state index contributed by atoms with van der Waals surface area (Å²) in [6, 6.07) is 14.3. The lowest BCUT2D eigenvalue weighted by molar-refractivity contribution is -0.145. The second-order valence-electron chi connectivity index (χ2n) is 4.82. The minimum atomic E-state index is -0.523. The van der Waals surface area contributed by atoms with Crippen molar-refractivity contribution in [1.29, 1.82) is 5.26 Å². The number of ether oxygens (including phenoxy) is 1. The van der Waals surface area contributed by atoms with Crippen LogP contribution in [0, 0.1) is 11.3 Å². The lowest BCUT2D eigenvalue weighted by atomic mass is 10.2. The number of methoxy groups -OCH3 is 1. The van der Waals surface area contributed by atoms with Crippen molar-refractivity contribution in [2.75, 3.05) is 12.4 Å². The molecule has 0 saturated heterocycles. The molecule has 0 fully saturated rings. The van der Waals surface area contributed by atoms with E-state index in [0.29, 0.717) is 11.6 Å².